The predicted molar refractivity (Wildman–Crippen MR) is 132 cm³/mol. The fourth-order valence-corrected chi connectivity index (χ4v) is 4.78. The molecule has 2 amide bonds. The van der Waals surface area contributed by atoms with E-state index in [0.717, 1.165) is 29.8 Å². The molecule has 5 rings (SSSR count). The highest BCUT2D eigenvalue weighted by atomic mass is 19.1. The van der Waals surface area contributed by atoms with Crippen molar-refractivity contribution in [3.05, 3.63) is 89.7 Å². The van der Waals surface area contributed by atoms with Crippen molar-refractivity contribution in [2.24, 2.45) is 0 Å². The van der Waals surface area contributed by atoms with Crippen LogP contribution in [-0.2, 0) is 0 Å². The molecule has 3 aromatic rings. The molecule has 0 unspecified atom stereocenters. The number of carbonyl (C=O) groups is 2. The number of rotatable bonds is 5. The van der Waals surface area contributed by atoms with Gasteiger partial charge in [0.05, 0.1) is 7.11 Å². The van der Waals surface area contributed by atoms with Gasteiger partial charge in [0.25, 0.3) is 11.8 Å². The van der Waals surface area contributed by atoms with E-state index in [1.54, 1.807) is 6.07 Å². The number of likely N-dealkylation sites (tertiary alicyclic amines) is 1. The summed E-state index contributed by atoms with van der Waals surface area (Å²) in [6, 6.07) is 21.5. The fraction of sp³-hybridized carbons (Fsp3) is 0.286. The minimum absolute atomic E-state index is 0.0109. The molecule has 2 saturated heterocycles. The minimum atomic E-state index is -0.353. The summed E-state index contributed by atoms with van der Waals surface area (Å²) in [6.45, 7) is 4.43. The van der Waals surface area contributed by atoms with Crippen LogP contribution in [0, 0.1) is 5.82 Å². The standard InChI is InChI=1S/C28H28FN3O3/c1-35-26-17-23(29)11-12-25(26)20-7-9-22(10-8-20)28(34)32-18-24(19-32)30-13-15-31(16-14-30)27(33)21-5-3-2-4-6-21/h2-12,17,24H,13-16,18-19H2,1H3. The number of methoxy groups -OCH3 is 1. The van der Waals surface area contributed by atoms with Gasteiger partial charge in [0.1, 0.15) is 11.6 Å². The highest BCUT2D eigenvalue weighted by Crippen LogP contribution is 2.31. The summed E-state index contributed by atoms with van der Waals surface area (Å²) < 4.78 is 18.8. The van der Waals surface area contributed by atoms with Gasteiger partial charge >= 0.3 is 0 Å². The molecule has 0 spiro atoms. The zero-order valence-corrected chi connectivity index (χ0v) is 19.7. The van der Waals surface area contributed by atoms with Crippen LogP contribution in [-0.4, -0.2) is 78.9 Å². The molecule has 2 fully saturated rings. The van der Waals surface area contributed by atoms with E-state index in [2.05, 4.69) is 4.90 Å². The lowest BCUT2D eigenvalue weighted by atomic mass is 10.0. The van der Waals surface area contributed by atoms with E-state index in [0.29, 0.717) is 43.5 Å². The third-order valence-corrected chi connectivity index (χ3v) is 6.89. The third-order valence-electron chi connectivity index (χ3n) is 6.89. The number of carbonyl (C=O) groups excluding carboxylic acids is 2. The summed E-state index contributed by atoms with van der Waals surface area (Å²) >= 11 is 0. The summed E-state index contributed by atoms with van der Waals surface area (Å²) in [4.78, 5) is 31.7. The van der Waals surface area contributed by atoms with E-state index in [9.17, 15) is 14.0 Å². The van der Waals surface area contributed by atoms with Crippen LogP contribution < -0.4 is 4.74 Å². The third kappa shape index (κ3) is 4.77. The Morgan fingerprint density at radius 1 is 0.800 bits per heavy atom. The first kappa shape index (κ1) is 23.1. The van der Waals surface area contributed by atoms with E-state index in [4.69, 9.17) is 4.74 Å². The van der Waals surface area contributed by atoms with Crippen LogP contribution in [0.4, 0.5) is 4.39 Å². The molecular weight excluding hydrogens is 445 g/mol. The summed E-state index contributed by atoms with van der Waals surface area (Å²) in [5.41, 5.74) is 3.00. The second-order valence-corrected chi connectivity index (χ2v) is 8.98. The van der Waals surface area contributed by atoms with Gasteiger partial charge in [0.2, 0.25) is 0 Å². The van der Waals surface area contributed by atoms with Gasteiger partial charge in [0, 0.05) is 68.1 Å². The molecule has 0 atom stereocenters. The van der Waals surface area contributed by atoms with Crippen molar-refractivity contribution < 1.29 is 18.7 Å². The molecule has 2 aliphatic heterocycles. The first-order valence-electron chi connectivity index (χ1n) is 11.8. The van der Waals surface area contributed by atoms with E-state index in [-0.39, 0.29) is 17.6 Å². The molecule has 0 N–H and O–H groups in total. The molecule has 2 heterocycles. The van der Waals surface area contributed by atoms with Crippen molar-refractivity contribution in [2.75, 3.05) is 46.4 Å². The van der Waals surface area contributed by atoms with Crippen molar-refractivity contribution in [1.82, 2.24) is 14.7 Å². The van der Waals surface area contributed by atoms with Crippen LogP contribution in [0.15, 0.2) is 72.8 Å². The van der Waals surface area contributed by atoms with Gasteiger partial charge in [-0.25, -0.2) is 4.39 Å². The van der Waals surface area contributed by atoms with Gasteiger partial charge in [-0.05, 0) is 42.0 Å². The molecule has 0 radical (unpaired) electrons. The first-order valence-corrected chi connectivity index (χ1v) is 11.8. The van der Waals surface area contributed by atoms with E-state index in [1.165, 1.54) is 19.2 Å². The zero-order chi connectivity index (χ0) is 24.4. The average Bonchev–Trinajstić information content (AvgIpc) is 2.88. The Balaban J connectivity index is 1.14. The Labute approximate surface area is 204 Å². The SMILES string of the molecule is COc1cc(F)ccc1-c1ccc(C(=O)N2CC(N3CCN(C(=O)c4ccccc4)CC3)C2)cc1. The molecule has 180 valence electrons. The predicted octanol–water partition coefficient (Wildman–Crippen LogP) is 3.78. The zero-order valence-electron chi connectivity index (χ0n) is 19.7. The van der Waals surface area contributed by atoms with Crippen molar-refractivity contribution in [3.8, 4) is 16.9 Å². The maximum absolute atomic E-state index is 13.5. The summed E-state index contributed by atoms with van der Waals surface area (Å²) in [7, 11) is 1.51. The molecule has 2 aliphatic rings. The quantitative estimate of drug-likeness (QED) is 0.566. The highest BCUT2D eigenvalue weighted by Gasteiger charge is 2.37. The maximum atomic E-state index is 13.5. The van der Waals surface area contributed by atoms with Crippen LogP contribution in [0.3, 0.4) is 0 Å². The lowest BCUT2D eigenvalue weighted by Gasteiger charge is -2.48. The molecule has 7 heteroatoms. The van der Waals surface area contributed by atoms with E-state index >= 15 is 0 Å². The number of hydrogen-bond donors (Lipinski definition) is 0. The Bertz CT molecular complexity index is 1200. The normalized spacial score (nSPS) is 16.6. The maximum Gasteiger partial charge on any atom is 0.253 e. The van der Waals surface area contributed by atoms with Gasteiger partial charge in [0.15, 0.2) is 0 Å². The van der Waals surface area contributed by atoms with E-state index < -0.39 is 0 Å². The van der Waals surface area contributed by atoms with Crippen LogP contribution in [0.2, 0.25) is 0 Å². The molecular formula is C28H28FN3O3. The topological polar surface area (TPSA) is 53.1 Å². The molecule has 35 heavy (non-hydrogen) atoms. The largest absolute Gasteiger partial charge is 0.496 e. The highest BCUT2D eigenvalue weighted by molar-refractivity contribution is 5.95. The van der Waals surface area contributed by atoms with Gasteiger partial charge in [-0.2, -0.15) is 0 Å². The van der Waals surface area contributed by atoms with Gasteiger partial charge in [-0.15, -0.1) is 0 Å². The van der Waals surface area contributed by atoms with E-state index in [1.807, 2.05) is 64.4 Å². The van der Waals surface area contributed by atoms with Gasteiger partial charge in [-0.1, -0.05) is 30.3 Å². The molecule has 6 nitrogen and oxygen atoms in total. The number of halogens is 1. The smallest absolute Gasteiger partial charge is 0.253 e. The van der Waals surface area contributed by atoms with Crippen molar-refractivity contribution in [2.45, 2.75) is 6.04 Å². The van der Waals surface area contributed by atoms with Crippen molar-refractivity contribution >= 4 is 11.8 Å². The van der Waals surface area contributed by atoms with Gasteiger partial charge < -0.3 is 14.5 Å². The van der Waals surface area contributed by atoms with Crippen LogP contribution >= 0.6 is 0 Å². The fourth-order valence-electron chi connectivity index (χ4n) is 4.78. The van der Waals surface area contributed by atoms with Crippen molar-refractivity contribution in [1.29, 1.82) is 0 Å². The lowest BCUT2D eigenvalue weighted by Crippen LogP contribution is -2.64. The molecule has 0 aliphatic carbocycles. The average molecular weight is 474 g/mol. The molecule has 0 bridgehead atoms. The van der Waals surface area contributed by atoms with Crippen LogP contribution in [0.5, 0.6) is 5.75 Å². The van der Waals surface area contributed by atoms with Crippen LogP contribution in [0.1, 0.15) is 20.7 Å². The second-order valence-electron chi connectivity index (χ2n) is 8.98. The number of ether oxygens (including phenoxy) is 1. The number of hydrogen-bond acceptors (Lipinski definition) is 4. The Kier molecular flexibility index (Phi) is 6.51. The summed E-state index contributed by atoms with van der Waals surface area (Å²) in [5, 5.41) is 0. The number of nitrogens with zero attached hydrogens (tertiary/aromatic N) is 3. The Morgan fingerprint density at radius 2 is 1.43 bits per heavy atom. The van der Waals surface area contributed by atoms with Gasteiger partial charge in [-0.3, -0.25) is 14.5 Å². The molecule has 3 aromatic carbocycles. The number of benzene rings is 3. The summed E-state index contributed by atoms with van der Waals surface area (Å²) in [6.07, 6.45) is 0. The summed E-state index contributed by atoms with van der Waals surface area (Å²) in [5.74, 6) is 0.198. The van der Waals surface area contributed by atoms with Crippen molar-refractivity contribution in [3.63, 3.8) is 0 Å². The Hall–Kier alpha value is -3.71. The number of amides is 2. The first-order chi connectivity index (χ1) is 17.0. The lowest BCUT2D eigenvalue weighted by molar-refractivity contribution is 0.00854. The Morgan fingerprint density at radius 3 is 2.09 bits per heavy atom. The monoisotopic (exact) mass is 473 g/mol. The molecule has 0 aromatic heterocycles. The minimum Gasteiger partial charge on any atom is -0.496 e. The second kappa shape index (κ2) is 9.88. The van der Waals surface area contributed by atoms with Crippen LogP contribution in [0.25, 0.3) is 11.1 Å². The number of piperazine rings is 1. The molecule has 0 saturated carbocycles.